The fraction of sp³-hybridized carbons (Fsp3) is 0.647. The molecule has 2 unspecified atom stereocenters. The number of nitrogens with one attached hydrogen (secondary N) is 1. The fourth-order valence-electron chi connectivity index (χ4n) is 3.50. The highest BCUT2D eigenvalue weighted by Gasteiger charge is 2.31. The van der Waals surface area contributed by atoms with Crippen molar-refractivity contribution in [3.8, 4) is 5.75 Å². The van der Waals surface area contributed by atoms with E-state index in [1.165, 1.54) is 11.1 Å². The van der Waals surface area contributed by atoms with E-state index in [9.17, 15) is 0 Å². The maximum Gasteiger partial charge on any atom is 0.122 e. The van der Waals surface area contributed by atoms with E-state index < -0.39 is 0 Å². The van der Waals surface area contributed by atoms with Gasteiger partial charge in [0.1, 0.15) is 5.75 Å². The normalized spacial score (nSPS) is 24.6. The Hall–Kier alpha value is -1.10. The number of ether oxygens (including phenoxy) is 1. The van der Waals surface area contributed by atoms with Gasteiger partial charge in [-0.15, -0.1) is 0 Å². The summed E-state index contributed by atoms with van der Waals surface area (Å²) in [5.74, 6) is 1.07. The first-order chi connectivity index (χ1) is 10.2. The van der Waals surface area contributed by atoms with Crippen LogP contribution in [0.4, 0.5) is 0 Å². The maximum atomic E-state index is 5.64. The van der Waals surface area contributed by atoms with Crippen LogP contribution in [0, 0.1) is 0 Å². The average Bonchev–Trinajstić information content (AvgIpc) is 2.95. The van der Waals surface area contributed by atoms with Crippen LogP contribution in [0.5, 0.6) is 5.75 Å². The molecule has 4 heteroatoms. The first-order valence-electron chi connectivity index (χ1n) is 8.07. The number of nitrogens with zero attached hydrogens (tertiary/aromatic N) is 2. The molecule has 0 spiro atoms. The van der Waals surface area contributed by atoms with Crippen LogP contribution in [0.2, 0.25) is 0 Å². The molecule has 2 aliphatic rings. The predicted molar refractivity (Wildman–Crippen MR) is 86.0 cm³/mol. The van der Waals surface area contributed by atoms with Gasteiger partial charge < -0.3 is 15.0 Å². The smallest absolute Gasteiger partial charge is 0.122 e. The van der Waals surface area contributed by atoms with Crippen LogP contribution in [0.15, 0.2) is 18.2 Å². The molecule has 1 N–H and O–H groups in total. The number of piperazine rings is 1. The van der Waals surface area contributed by atoms with Crippen molar-refractivity contribution in [1.29, 1.82) is 0 Å². The highest BCUT2D eigenvalue weighted by molar-refractivity contribution is 5.41. The monoisotopic (exact) mass is 289 g/mol. The van der Waals surface area contributed by atoms with Gasteiger partial charge in [0, 0.05) is 38.1 Å². The van der Waals surface area contributed by atoms with Crippen molar-refractivity contribution in [3.05, 3.63) is 29.3 Å². The summed E-state index contributed by atoms with van der Waals surface area (Å²) >= 11 is 0. The molecule has 1 aromatic rings. The summed E-state index contributed by atoms with van der Waals surface area (Å²) in [7, 11) is 4.47. The molecule has 1 aromatic carbocycles. The minimum atomic E-state index is 0.383. The average molecular weight is 289 g/mol. The number of benzene rings is 1. The van der Waals surface area contributed by atoms with Crippen LogP contribution in [0.25, 0.3) is 0 Å². The van der Waals surface area contributed by atoms with Crippen molar-refractivity contribution < 1.29 is 4.74 Å². The Labute approximate surface area is 128 Å². The third kappa shape index (κ3) is 3.07. The standard InChI is InChI=1S/C17H27N3O/c1-4-18-17(15-12-19(2)8-9-20(15)3)14-5-6-16-13(11-14)7-10-21-16/h5-6,11,15,17-18H,4,7-10,12H2,1-3H3. The van der Waals surface area contributed by atoms with Gasteiger partial charge in [0.05, 0.1) is 6.61 Å². The van der Waals surface area contributed by atoms with Gasteiger partial charge in [0.2, 0.25) is 0 Å². The minimum absolute atomic E-state index is 0.383. The summed E-state index contributed by atoms with van der Waals surface area (Å²) < 4.78 is 5.64. The van der Waals surface area contributed by atoms with Crippen LogP contribution in [-0.2, 0) is 6.42 Å². The second kappa shape index (κ2) is 6.34. The lowest BCUT2D eigenvalue weighted by molar-refractivity contribution is 0.0880. The van der Waals surface area contributed by atoms with Crippen LogP contribution < -0.4 is 10.1 Å². The Morgan fingerprint density at radius 3 is 3.00 bits per heavy atom. The van der Waals surface area contributed by atoms with E-state index in [2.05, 4.69) is 54.3 Å². The molecule has 21 heavy (non-hydrogen) atoms. The zero-order valence-corrected chi connectivity index (χ0v) is 13.4. The third-order valence-corrected chi connectivity index (χ3v) is 4.78. The molecule has 0 bridgehead atoms. The van der Waals surface area contributed by atoms with Crippen LogP contribution in [0.1, 0.15) is 24.1 Å². The van der Waals surface area contributed by atoms with Crippen LogP contribution in [-0.4, -0.2) is 62.7 Å². The van der Waals surface area contributed by atoms with Gasteiger partial charge in [-0.1, -0.05) is 19.1 Å². The number of fused-ring (bicyclic) bond motifs is 1. The molecule has 2 heterocycles. The lowest BCUT2D eigenvalue weighted by atomic mass is 9.94. The summed E-state index contributed by atoms with van der Waals surface area (Å²) in [6.45, 7) is 7.42. The largest absolute Gasteiger partial charge is 0.493 e. The molecular formula is C17H27N3O. The molecule has 2 atom stereocenters. The lowest BCUT2D eigenvalue weighted by Gasteiger charge is -2.42. The fourth-order valence-corrected chi connectivity index (χ4v) is 3.50. The molecule has 0 amide bonds. The molecule has 0 aliphatic carbocycles. The second-order valence-electron chi connectivity index (χ2n) is 6.31. The quantitative estimate of drug-likeness (QED) is 0.909. The van der Waals surface area contributed by atoms with Crippen molar-refractivity contribution in [2.24, 2.45) is 0 Å². The molecule has 2 aliphatic heterocycles. The Morgan fingerprint density at radius 1 is 1.33 bits per heavy atom. The van der Waals surface area contributed by atoms with E-state index in [-0.39, 0.29) is 0 Å². The number of rotatable bonds is 4. The summed E-state index contributed by atoms with van der Waals surface area (Å²) in [6.07, 6.45) is 1.04. The van der Waals surface area contributed by atoms with E-state index in [4.69, 9.17) is 4.74 Å². The third-order valence-electron chi connectivity index (χ3n) is 4.78. The first-order valence-corrected chi connectivity index (χ1v) is 8.07. The van der Waals surface area contributed by atoms with Gasteiger partial charge >= 0.3 is 0 Å². The van der Waals surface area contributed by atoms with Gasteiger partial charge in [-0.05, 0) is 37.8 Å². The minimum Gasteiger partial charge on any atom is -0.493 e. The second-order valence-corrected chi connectivity index (χ2v) is 6.31. The molecule has 1 fully saturated rings. The first kappa shape index (κ1) is 14.8. The highest BCUT2D eigenvalue weighted by atomic mass is 16.5. The van der Waals surface area contributed by atoms with E-state index in [0.717, 1.165) is 45.0 Å². The van der Waals surface area contributed by atoms with Crippen molar-refractivity contribution in [2.45, 2.75) is 25.4 Å². The predicted octanol–water partition coefficient (Wildman–Crippen LogP) is 1.52. The molecule has 4 nitrogen and oxygen atoms in total. The van der Waals surface area contributed by atoms with E-state index in [1.54, 1.807) is 0 Å². The van der Waals surface area contributed by atoms with Crippen LogP contribution >= 0.6 is 0 Å². The summed E-state index contributed by atoms with van der Waals surface area (Å²) in [4.78, 5) is 4.93. The van der Waals surface area contributed by atoms with Crippen molar-refractivity contribution in [3.63, 3.8) is 0 Å². The Balaban J connectivity index is 1.86. The van der Waals surface area contributed by atoms with E-state index >= 15 is 0 Å². The van der Waals surface area contributed by atoms with E-state index in [1.807, 2.05) is 0 Å². The maximum absolute atomic E-state index is 5.64. The Kier molecular flexibility index (Phi) is 4.48. The van der Waals surface area contributed by atoms with Crippen molar-refractivity contribution in [2.75, 3.05) is 46.9 Å². The summed E-state index contributed by atoms with van der Waals surface area (Å²) in [5.41, 5.74) is 2.76. The number of hydrogen-bond acceptors (Lipinski definition) is 4. The zero-order valence-electron chi connectivity index (χ0n) is 13.4. The van der Waals surface area contributed by atoms with Gasteiger partial charge in [-0.3, -0.25) is 4.90 Å². The lowest BCUT2D eigenvalue weighted by Crippen LogP contribution is -2.55. The molecule has 0 saturated carbocycles. The van der Waals surface area contributed by atoms with Gasteiger partial charge in [0.15, 0.2) is 0 Å². The van der Waals surface area contributed by atoms with Crippen molar-refractivity contribution >= 4 is 0 Å². The molecular weight excluding hydrogens is 262 g/mol. The van der Waals surface area contributed by atoms with Crippen LogP contribution in [0.3, 0.4) is 0 Å². The summed E-state index contributed by atoms with van der Waals surface area (Å²) in [6, 6.07) is 7.63. The number of hydrogen-bond donors (Lipinski definition) is 1. The molecule has 3 rings (SSSR count). The zero-order chi connectivity index (χ0) is 14.8. The SMILES string of the molecule is CCNC(c1ccc2c(c1)CCO2)C1CN(C)CCN1C. The topological polar surface area (TPSA) is 27.7 Å². The van der Waals surface area contributed by atoms with E-state index in [0.29, 0.717) is 12.1 Å². The molecule has 0 radical (unpaired) electrons. The van der Waals surface area contributed by atoms with Gasteiger partial charge in [0.25, 0.3) is 0 Å². The summed E-state index contributed by atoms with van der Waals surface area (Å²) in [5, 5.41) is 3.70. The Morgan fingerprint density at radius 2 is 2.19 bits per heavy atom. The van der Waals surface area contributed by atoms with Crippen molar-refractivity contribution in [1.82, 2.24) is 15.1 Å². The highest BCUT2D eigenvalue weighted by Crippen LogP contribution is 2.30. The molecule has 116 valence electrons. The Bertz CT molecular complexity index is 491. The van der Waals surface area contributed by atoms with Gasteiger partial charge in [-0.2, -0.15) is 0 Å². The molecule has 1 saturated heterocycles. The molecule has 0 aromatic heterocycles. The van der Waals surface area contributed by atoms with Gasteiger partial charge in [-0.25, -0.2) is 0 Å². The number of likely N-dealkylation sites (N-methyl/N-ethyl adjacent to an activating group) is 3.